The Bertz CT molecular complexity index is 912. The number of rotatable bonds is 3. The Balaban J connectivity index is 2.36. The number of ether oxygens (including phenoxy) is 1. The van der Waals surface area contributed by atoms with Gasteiger partial charge in [-0.1, -0.05) is 24.3 Å². The highest BCUT2D eigenvalue weighted by Crippen LogP contribution is 2.33. The molecule has 1 aromatic carbocycles. The first-order valence-electron chi connectivity index (χ1n) is 6.66. The second-order valence-corrected chi connectivity index (χ2v) is 4.92. The topological polar surface area (TPSA) is 59.9 Å². The molecule has 5 nitrogen and oxygen atoms in total. The largest absolute Gasteiger partial charge is 0.423 e. The minimum Gasteiger partial charge on any atom is -0.378 e. The zero-order chi connectivity index (χ0) is 16.6. The van der Waals surface area contributed by atoms with Crippen molar-refractivity contribution in [2.45, 2.75) is 12.8 Å². The molecule has 0 atom stereocenters. The van der Waals surface area contributed by atoms with E-state index in [0.29, 0.717) is 5.69 Å². The van der Waals surface area contributed by atoms with E-state index in [1.807, 2.05) is 5.10 Å². The number of hydrogen-bond donors (Lipinski definition) is 1. The third-order valence-corrected chi connectivity index (χ3v) is 3.49. The van der Waals surface area contributed by atoms with E-state index in [1.165, 1.54) is 17.9 Å². The van der Waals surface area contributed by atoms with Crippen LogP contribution in [0, 0.1) is 0 Å². The van der Waals surface area contributed by atoms with E-state index in [9.17, 15) is 18.0 Å². The van der Waals surface area contributed by atoms with Crippen LogP contribution in [0.5, 0.6) is 0 Å². The fourth-order valence-corrected chi connectivity index (χ4v) is 2.56. The van der Waals surface area contributed by atoms with Crippen molar-refractivity contribution in [3.8, 4) is 5.69 Å². The molecule has 0 saturated carbocycles. The molecule has 3 aromatic rings. The van der Waals surface area contributed by atoms with Crippen molar-refractivity contribution in [2.24, 2.45) is 0 Å². The molecular formula is C15H12F3N3O2. The normalized spacial score (nSPS) is 12.0. The molecule has 2 aromatic heterocycles. The van der Waals surface area contributed by atoms with Gasteiger partial charge < -0.3 is 9.30 Å². The van der Waals surface area contributed by atoms with Gasteiger partial charge >= 0.3 is 6.18 Å². The molecule has 0 saturated heterocycles. The van der Waals surface area contributed by atoms with Gasteiger partial charge in [0.25, 0.3) is 5.56 Å². The Hall–Kier alpha value is -2.61. The highest BCUT2D eigenvalue weighted by atomic mass is 19.4. The van der Waals surface area contributed by atoms with Gasteiger partial charge in [0, 0.05) is 24.1 Å². The summed E-state index contributed by atoms with van der Waals surface area (Å²) in [4.78, 5) is 11.7. The molecule has 0 radical (unpaired) electrons. The average Bonchev–Trinajstić information content (AvgIpc) is 2.85. The summed E-state index contributed by atoms with van der Waals surface area (Å²) in [7, 11) is 1.45. The monoisotopic (exact) mass is 323 g/mol. The number of hydrogen-bond acceptors (Lipinski definition) is 3. The lowest BCUT2D eigenvalue weighted by atomic mass is 10.2. The fraction of sp³-hybridized carbons (Fsp3) is 0.200. The van der Waals surface area contributed by atoms with Crippen molar-refractivity contribution in [3.05, 3.63) is 58.3 Å². The summed E-state index contributed by atoms with van der Waals surface area (Å²) in [6, 6.07) is 7.13. The summed E-state index contributed by atoms with van der Waals surface area (Å²) in [6.45, 7) is 0.0949. The molecule has 3 rings (SSSR count). The molecule has 23 heavy (non-hydrogen) atoms. The number of aromatic nitrogens is 3. The second kappa shape index (κ2) is 5.54. The Morgan fingerprint density at radius 3 is 2.74 bits per heavy atom. The summed E-state index contributed by atoms with van der Waals surface area (Å²) < 4.78 is 46.2. The Kier molecular flexibility index (Phi) is 3.69. The van der Waals surface area contributed by atoms with Crippen LogP contribution in [0.15, 0.2) is 41.5 Å². The summed E-state index contributed by atoms with van der Waals surface area (Å²) >= 11 is 0. The Morgan fingerprint density at radius 1 is 1.30 bits per heavy atom. The predicted octanol–water partition coefficient (Wildman–Crippen LogP) is 2.88. The number of nitrogens with zero attached hydrogens (tertiary/aromatic N) is 2. The minimum absolute atomic E-state index is 0.0949. The zero-order valence-corrected chi connectivity index (χ0v) is 12.0. The Morgan fingerprint density at radius 2 is 2.04 bits per heavy atom. The molecule has 2 heterocycles. The van der Waals surface area contributed by atoms with Gasteiger partial charge in [-0.05, 0) is 0 Å². The first-order chi connectivity index (χ1) is 10.9. The van der Waals surface area contributed by atoms with Crippen LogP contribution in [0.2, 0.25) is 0 Å². The molecule has 0 aliphatic heterocycles. The lowest BCUT2D eigenvalue weighted by Gasteiger charge is -2.14. The van der Waals surface area contributed by atoms with E-state index in [-0.39, 0.29) is 12.3 Å². The van der Waals surface area contributed by atoms with Crippen molar-refractivity contribution in [2.75, 3.05) is 7.11 Å². The number of methoxy groups -OCH3 is 1. The standard InChI is InChI=1S/C15H12F3N3O2/c1-23-8-12-10-5-3-2-4-9(10)7-21(12)11-6-19-20-14(22)13(11)15(16,17)18/h2-7H,8H2,1H3,(H,20,22). The van der Waals surface area contributed by atoms with Gasteiger partial charge in [0.15, 0.2) is 0 Å². The summed E-state index contributed by atoms with van der Waals surface area (Å²) in [5.41, 5.74) is -2.38. The van der Waals surface area contributed by atoms with Crippen LogP contribution < -0.4 is 5.56 Å². The second-order valence-electron chi connectivity index (χ2n) is 4.92. The average molecular weight is 323 g/mol. The molecule has 0 spiro atoms. The number of benzene rings is 1. The molecule has 1 N–H and O–H groups in total. The van der Waals surface area contributed by atoms with Gasteiger partial charge in [0.2, 0.25) is 0 Å². The van der Waals surface area contributed by atoms with Gasteiger partial charge in [0.1, 0.15) is 5.56 Å². The van der Waals surface area contributed by atoms with E-state index >= 15 is 0 Å². The maximum Gasteiger partial charge on any atom is 0.423 e. The zero-order valence-electron chi connectivity index (χ0n) is 12.0. The number of aromatic amines is 1. The van der Waals surface area contributed by atoms with Crippen molar-refractivity contribution in [3.63, 3.8) is 0 Å². The number of halogens is 3. The van der Waals surface area contributed by atoms with E-state index in [0.717, 1.165) is 17.0 Å². The maximum absolute atomic E-state index is 13.3. The SMILES string of the molecule is COCc1c2ccccc2cn1-c1cn[nH]c(=O)c1C(F)(F)F. The first kappa shape index (κ1) is 15.3. The van der Waals surface area contributed by atoms with Crippen LogP contribution in [0.4, 0.5) is 13.2 Å². The number of nitrogens with one attached hydrogen (secondary N) is 1. The first-order valence-corrected chi connectivity index (χ1v) is 6.66. The molecule has 0 amide bonds. The third-order valence-electron chi connectivity index (χ3n) is 3.49. The summed E-state index contributed by atoms with van der Waals surface area (Å²) in [6.07, 6.45) is -2.27. The van der Waals surface area contributed by atoms with Gasteiger partial charge in [-0.25, -0.2) is 5.10 Å². The van der Waals surface area contributed by atoms with E-state index in [4.69, 9.17) is 4.74 Å². The number of fused-ring (bicyclic) bond motifs is 1. The number of alkyl halides is 3. The highest BCUT2D eigenvalue weighted by Gasteiger charge is 2.38. The van der Waals surface area contributed by atoms with Crippen LogP contribution in [-0.2, 0) is 17.5 Å². The molecule has 0 aliphatic carbocycles. The van der Waals surface area contributed by atoms with Gasteiger partial charge in [-0.2, -0.15) is 18.3 Å². The predicted molar refractivity (Wildman–Crippen MR) is 77.4 cm³/mol. The van der Waals surface area contributed by atoms with Crippen LogP contribution in [0.1, 0.15) is 11.3 Å². The Labute approximate surface area is 128 Å². The van der Waals surface area contributed by atoms with Crippen molar-refractivity contribution in [1.29, 1.82) is 0 Å². The molecule has 0 unspecified atom stereocenters. The van der Waals surface area contributed by atoms with E-state index in [2.05, 4.69) is 5.10 Å². The number of H-pyrrole nitrogens is 1. The minimum atomic E-state index is -4.80. The molecular weight excluding hydrogens is 311 g/mol. The third kappa shape index (κ3) is 2.61. The van der Waals surface area contributed by atoms with Gasteiger partial charge in [0.05, 0.1) is 24.2 Å². The van der Waals surface area contributed by atoms with Crippen LogP contribution in [0.25, 0.3) is 16.5 Å². The quantitative estimate of drug-likeness (QED) is 0.806. The highest BCUT2D eigenvalue weighted by molar-refractivity contribution is 5.86. The smallest absolute Gasteiger partial charge is 0.378 e. The molecule has 120 valence electrons. The van der Waals surface area contributed by atoms with Crippen LogP contribution in [0.3, 0.4) is 0 Å². The summed E-state index contributed by atoms with van der Waals surface area (Å²) in [5, 5.41) is 6.83. The maximum atomic E-state index is 13.3. The van der Waals surface area contributed by atoms with Gasteiger partial charge in [-0.3, -0.25) is 4.79 Å². The van der Waals surface area contributed by atoms with Gasteiger partial charge in [-0.15, -0.1) is 0 Å². The van der Waals surface area contributed by atoms with Crippen molar-refractivity contribution < 1.29 is 17.9 Å². The fourth-order valence-electron chi connectivity index (χ4n) is 2.56. The molecule has 0 aliphatic rings. The van der Waals surface area contributed by atoms with Crippen LogP contribution in [-0.4, -0.2) is 21.9 Å². The van der Waals surface area contributed by atoms with Crippen molar-refractivity contribution >= 4 is 10.8 Å². The van der Waals surface area contributed by atoms with Crippen molar-refractivity contribution in [1.82, 2.24) is 14.8 Å². The lowest BCUT2D eigenvalue weighted by Crippen LogP contribution is -2.25. The van der Waals surface area contributed by atoms with E-state index in [1.54, 1.807) is 24.3 Å². The molecule has 0 bridgehead atoms. The lowest BCUT2D eigenvalue weighted by molar-refractivity contribution is -0.138. The molecule has 8 heteroatoms. The summed E-state index contributed by atoms with van der Waals surface area (Å²) in [5.74, 6) is 0. The van der Waals surface area contributed by atoms with E-state index < -0.39 is 17.3 Å². The van der Waals surface area contributed by atoms with Crippen LogP contribution >= 0.6 is 0 Å². The molecule has 0 fully saturated rings.